The first-order chi connectivity index (χ1) is 8.14. The zero-order chi connectivity index (χ0) is 12.6. The Morgan fingerprint density at radius 1 is 1.12 bits per heavy atom. The number of hydrogen-bond donors (Lipinski definition) is 1. The fourth-order valence-electron chi connectivity index (χ4n) is 2.42. The molecular formula is C14H27N3. The summed E-state index contributed by atoms with van der Waals surface area (Å²) in [7, 11) is 0. The fraction of sp³-hybridized carbons (Fsp3) is 0.929. The van der Waals surface area contributed by atoms with E-state index >= 15 is 0 Å². The number of rotatable bonds is 5. The molecule has 3 heteroatoms. The molecule has 0 amide bonds. The summed E-state index contributed by atoms with van der Waals surface area (Å²) in [6, 6.07) is 2.16. The number of nitrogens with zero attached hydrogens (tertiary/aromatic N) is 2. The van der Waals surface area contributed by atoms with Crippen LogP contribution in [0.25, 0.3) is 0 Å². The highest BCUT2D eigenvalue weighted by Gasteiger charge is 2.16. The summed E-state index contributed by atoms with van der Waals surface area (Å²) < 4.78 is 0. The van der Waals surface area contributed by atoms with Crippen molar-refractivity contribution in [2.24, 2.45) is 5.73 Å². The smallest absolute Gasteiger partial charge is 0.101 e. The monoisotopic (exact) mass is 237 g/mol. The third-order valence-corrected chi connectivity index (χ3v) is 3.62. The van der Waals surface area contributed by atoms with Crippen molar-refractivity contribution in [3.05, 3.63) is 0 Å². The molecule has 3 nitrogen and oxygen atoms in total. The number of unbranched alkanes of at least 4 members (excludes halogenated alkanes) is 1. The fourth-order valence-corrected chi connectivity index (χ4v) is 2.42. The van der Waals surface area contributed by atoms with Gasteiger partial charge in [-0.3, -0.25) is 0 Å². The molecule has 98 valence electrons. The molecule has 1 atom stereocenters. The topological polar surface area (TPSA) is 53.1 Å². The van der Waals surface area contributed by atoms with E-state index in [0.29, 0.717) is 0 Å². The van der Waals surface area contributed by atoms with Crippen LogP contribution in [0.5, 0.6) is 0 Å². The van der Waals surface area contributed by atoms with Gasteiger partial charge in [-0.2, -0.15) is 5.26 Å². The van der Waals surface area contributed by atoms with Gasteiger partial charge in [0, 0.05) is 0 Å². The highest BCUT2D eigenvalue weighted by atomic mass is 15.1. The quantitative estimate of drug-likeness (QED) is 0.748. The maximum atomic E-state index is 8.83. The number of nitrogens with two attached hydrogens (primary N) is 1. The van der Waals surface area contributed by atoms with Crippen LogP contribution >= 0.6 is 0 Å². The van der Waals surface area contributed by atoms with E-state index in [1.54, 1.807) is 0 Å². The molecule has 0 radical (unpaired) electrons. The molecule has 0 saturated carbocycles. The summed E-state index contributed by atoms with van der Waals surface area (Å²) in [6.45, 7) is 5.53. The average molecular weight is 237 g/mol. The van der Waals surface area contributed by atoms with E-state index in [9.17, 15) is 0 Å². The summed E-state index contributed by atoms with van der Waals surface area (Å²) in [6.07, 6.45) is 9.97. The van der Waals surface area contributed by atoms with Gasteiger partial charge >= 0.3 is 0 Å². The summed E-state index contributed by atoms with van der Waals surface area (Å²) in [5.41, 5.74) is 5.18. The van der Waals surface area contributed by atoms with Crippen LogP contribution in [0.15, 0.2) is 0 Å². The predicted octanol–water partition coefficient (Wildman–Crippen LogP) is 2.66. The second-order valence-electron chi connectivity index (χ2n) is 5.60. The number of likely N-dealkylation sites (tertiary alicyclic amines) is 1. The van der Waals surface area contributed by atoms with Crippen LogP contribution in [0.4, 0.5) is 0 Å². The molecular weight excluding hydrogens is 210 g/mol. The van der Waals surface area contributed by atoms with Crippen molar-refractivity contribution in [1.82, 2.24) is 4.90 Å². The largest absolute Gasteiger partial charge is 0.314 e. The van der Waals surface area contributed by atoms with Gasteiger partial charge in [-0.05, 0) is 58.7 Å². The van der Waals surface area contributed by atoms with E-state index in [-0.39, 0.29) is 0 Å². The molecule has 0 aromatic carbocycles. The van der Waals surface area contributed by atoms with Crippen molar-refractivity contribution in [2.75, 3.05) is 19.6 Å². The minimum absolute atomic E-state index is 0.629. The minimum Gasteiger partial charge on any atom is -0.314 e. The zero-order valence-corrected chi connectivity index (χ0v) is 11.2. The Morgan fingerprint density at radius 3 is 2.29 bits per heavy atom. The third-order valence-electron chi connectivity index (χ3n) is 3.62. The Kier molecular flexibility index (Phi) is 6.54. The summed E-state index contributed by atoms with van der Waals surface area (Å²) in [4.78, 5) is 2.58. The van der Waals surface area contributed by atoms with Crippen LogP contribution in [0, 0.1) is 11.3 Å². The SMILES string of the molecule is CC(N)(C#N)CCCCN1CCCCCCC1. The molecule has 1 rings (SSSR count). The van der Waals surface area contributed by atoms with Crippen LogP contribution in [-0.2, 0) is 0 Å². The molecule has 0 aliphatic carbocycles. The van der Waals surface area contributed by atoms with Gasteiger partial charge in [0.15, 0.2) is 0 Å². The lowest BCUT2D eigenvalue weighted by atomic mass is 9.98. The molecule has 0 aromatic heterocycles. The molecule has 1 saturated heterocycles. The lowest BCUT2D eigenvalue weighted by Gasteiger charge is -2.24. The van der Waals surface area contributed by atoms with Crippen molar-refractivity contribution in [3.63, 3.8) is 0 Å². The highest BCUT2D eigenvalue weighted by Crippen LogP contribution is 2.13. The summed E-state index contributed by atoms with van der Waals surface area (Å²) >= 11 is 0. The van der Waals surface area contributed by atoms with E-state index in [1.165, 1.54) is 58.2 Å². The summed E-state index contributed by atoms with van der Waals surface area (Å²) in [5, 5.41) is 8.83. The van der Waals surface area contributed by atoms with E-state index < -0.39 is 5.54 Å². The maximum absolute atomic E-state index is 8.83. The molecule has 1 aliphatic heterocycles. The van der Waals surface area contributed by atoms with Gasteiger partial charge in [-0.15, -0.1) is 0 Å². The van der Waals surface area contributed by atoms with Gasteiger partial charge in [-0.1, -0.05) is 19.3 Å². The van der Waals surface area contributed by atoms with Crippen molar-refractivity contribution < 1.29 is 0 Å². The molecule has 0 aromatic rings. The Hall–Kier alpha value is -0.590. The molecule has 1 fully saturated rings. The molecule has 1 aliphatic rings. The Balaban J connectivity index is 2.10. The lowest BCUT2D eigenvalue weighted by Crippen LogP contribution is -2.34. The normalized spacial score (nSPS) is 22.2. The molecule has 0 bridgehead atoms. The Labute approximate surface area is 106 Å². The van der Waals surface area contributed by atoms with E-state index in [1.807, 2.05) is 6.92 Å². The minimum atomic E-state index is -0.629. The molecule has 1 unspecified atom stereocenters. The van der Waals surface area contributed by atoms with Crippen LogP contribution in [0.1, 0.15) is 58.3 Å². The van der Waals surface area contributed by atoms with Gasteiger partial charge in [-0.25, -0.2) is 0 Å². The van der Waals surface area contributed by atoms with Gasteiger partial charge in [0.2, 0.25) is 0 Å². The first kappa shape index (κ1) is 14.5. The molecule has 2 N–H and O–H groups in total. The van der Waals surface area contributed by atoms with Crippen molar-refractivity contribution in [3.8, 4) is 6.07 Å². The maximum Gasteiger partial charge on any atom is 0.101 e. The van der Waals surface area contributed by atoms with E-state index in [2.05, 4.69) is 11.0 Å². The number of hydrogen-bond acceptors (Lipinski definition) is 3. The standard InChI is InChI=1S/C14H27N3/c1-14(16,13-15)9-5-8-12-17-10-6-3-2-4-7-11-17/h2-12,16H2,1H3. The van der Waals surface area contributed by atoms with E-state index in [4.69, 9.17) is 11.0 Å². The first-order valence-electron chi connectivity index (χ1n) is 7.06. The number of nitriles is 1. The molecule has 1 heterocycles. The van der Waals surface area contributed by atoms with Gasteiger partial charge in [0.1, 0.15) is 5.54 Å². The molecule has 0 spiro atoms. The van der Waals surface area contributed by atoms with E-state index in [0.717, 1.165) is 12.8 Å². The Bertz CT molecular complexity index is 234. The van der Waals surface area contributed by atoms with Crippen molar-refractivity contribution in [1.29, 1.82) is 5.26 Å². The van der Waals surface area contributed by atoms with Gasteiger partial charge in [0.25, 0.3) is 0 Å². The van der Waals surface area contributed by atoms with Crippen LogP contribution in [-0.4, -0.2) is 30.1 Å². The van der Waals surface area contributed by atoms with Crippen LogP contribution in [0.2, 0.25) is 0 Å². The van der Waals surface area contributed by atoms with Crippen LogP contribution in [0.3, 0.4) is 0 Å². The van der Waals surface area contributed by atoms with Crippen molar-refractivity contribution >= 4 is 0 Å². The van der Waals surface area contributed by atoms with Gasteiger partial charge in [0.05, 0.1) is 6.07 Å². The predicted molar refractivity (Wildman–Crippen MR) is 71.6 cm³/mol. The van der Waals surface area contributed by atoms with Crippen molar-refractivity contribution in [2.45, 2.75) is 63.8 Å². The first-order valence-corrected chi connectivity index (χ1v) is 7.06. The molecule has 17 heavy (non-hydrogen) atoms. The Morgan fingerprint density at radius 2 is 1.71 bits per heavy atom. The summed E-state index contributed by atoms with van der Waals surface area (Å²) in [5.74, 6) is 0. The average Bonchev–Trinajstić information content (AvgIpc) is 2.26. The highest BCUT2D eigenvalue weighted by molar-refractivity contribution is 5.00. The van der Waals surface area contributed by atoms with Crippen LogP contribution < -0.4 is 5.73 Å². The second kappa shape index (κ2) is 7.68. The second-order valence-corrected chi connectivity index (χ2v) is 5.60. The zero-order valence-electron chi connectivity index (χ0n) is 11.2. The lowest BCUT2D eigenvalue weighted by molar-refractivity contribution is 0.241. The van der Waals surface area contributed by atoms with Gasteiger partial charge < -0.3 is 10.6 Å². The third kappa shape index (κ3) is 6.65.